The molecule has 2 amide bonds. The molecule has 2 heterocycles. The number of nitrogens with zero attached hydrogens (tertiary/aromatic N) is 2. The number of carbonyl (C=O) groups is 3. The third kappa shape index (κ3) is 3.46. The lowest BCUT2D eigenvalue weighted by Crippen LogP contribution is -2.33. The highest BCUT2D eigenvalue weighted by Crippen LogP contribution is 2.43. The molecule has 1 saturated heterocycles. The Kier molecular flexibility index (Phi) is 5.03. The van der Waals surface area contributed by atoms with Crippen LogP contribution < -0.4 is 11.1 Å². The molecule has 0 aromatic heterocycles. The molecule has 0 aromatic rings. The Hall–Kier alpha value is -2.36. The second kappa shape index (κ2) is 7.10. The van der Waals surface area contributed by atoms with Crippen LogP contribution in [0.2, 0.25) is 0 Å². The minimum Gasteiger partial charge on any atom is -0.481 e. The molecule has 4 N–H and O–H groups in total. The molecule has 2 aliphatic heterocycles. The minimum absolute atomic E-state index is 0.0564. The van der Waals surface area contributed by atoms with Crippen molar-refractivity contribution in [3.63, 3.8) is 0 Å². The van der Waals surface area contributed by atoms with Gasteiger partial charge in [0.15, 0.2) is 5.17 Å². The topological polar surface area (TPSA) is 143 Å². The molecule has 1 unspecified atom stereocenters. The van der Waals surface area contributed by atoms with Crippen LogP contribution in [0.1, 0.15) is 45.4 Å². The van der Waals surface area contributed by atoms with Crippen LogP contribution in [0.5, 0.6) is 0 Å². The van der Waals surface area contributed by atoms with Crippen molar-refractivity contribution < 1.29 is 24.2 Å². The van der Waals surface area contributed by atoms with Crippen molar-refractivity contribution in [2.24, 2.45) is 15.9 Å². The number of primary amides is 1. The van der Waals surface area contributed by atoms with Gasteiger partial charge in [-0.05, 0) is 38.2 Å². The van der Waals surface area contributed by atoms with Gasteiger partial charge in [-0.3, -0.25) is 14.4 Å². The number of nitrogens with one attached hydrogen (secondary N) is 1. The lowest BCUT2D eigenvalue weighted by atomic mass is 9.79. The Morgan fingerprint density at radius 2 is 2.04 bits per heavy atom. The van der Waals surface area contributed by atoms with Crippen LogP contribution in [0.15, 0.2) is 21.3 Å². The van der Waals surface area contributed by atoms with Gasteiger partial charge in [-0.1, -0.05) is 18.2 Å². The van der Waals surface area contributed by atoms with Crippen molar-refractivity contribution in [1.82, 2.24) is 5.32 Å². The van der Waals surface area contributed by atoms with Crippen molar-refractivity contribution >= 4 is 40.6 Å². The maximum Gasteiger partial charge on any atom is 0.305 e. The van der Waals surface area contributed by atoms with Gasteiger partial charge in [0.05, 0.1) is 6.42 Å². The molecule has 0 aromatic carbocycles. The molecule has 3 rings (SSSR count). The summed E-state index contributed by atoms with van der Waals surface area (Å²) in [6, 6.07) is 0. The lowest BCUT2D eigenvalue weighted by molar-refractivity contribution is -0.138. The molecule has 9 nitrogen and oxygen atoms in total. The number of thioether (sulfide) groups is 1. The summed E-state index contributed by atoms with van der Waals surface area (Å²) in [5, 5.41) is 18.6. The van der Waals surface area contributed by atoms with Crippen molar-refractivity contribution in [3.05, 3.63) is 11.1 Å². The first-order valence-corrected chi connectivity index (χ1v) is 9.26. The Morgan fingerprint density at radius 3 is 2.65 bits per heavy atom. The van der Waals surface area contributed by atoms with E-state index in [9.17, 15) is 14.4 Å². The number of rotatable bonds is 4. The fourth-order valence-electron chi connectivity index (χ4n) is 3.50. The van der Waals surface area contributed by atoms with Gasteiger partial charge in [0, 0.05) is 0 Å². The molecule has 3 aliphatic rings. The van der Waals surface area contributed by atoms with E-state index in [1.165, 1.54) is 0 Å². The van der Waals surface area contributed by atoms with E-state index in [0.29, 0.717) is 0 Å². The largest absolute Gasteiger partial charge is 0.481 e. The van der Waals surface area contributed by atoms with E-state index in [2.05, 4.69) is 15.5 Å². The first-order valence-electron chi connectivity index (χ1n) is 8.38. The highest BCUT2D eigenvalue weighted by molar-refractivity contribution is 8.15. The number of aliphatic carboxylic acids is 1. The quantitative estimate of drug-likeness (QED) is 0.618. The molecule has 1 atom stereocenters. The summed E-state index contributed by atoms with van der Waals surface area (Å²) < 4.78 is 6.01. The summed E-state index contributed by atoms with van der Waals surface area (Å²) in [4.78, 5) is 34.4. The monoisotopic (exact) mass is 380 g/mol. The SMILES string of the molecule is CC1=C(C(N)=O)C(=NN=C2NC(=O)C(CC(=O)O)S2)OC12CCCCC2. The Labute approximate surface area is 154 Å². The van der Waals surface area contributed by atoms with Crippen molar-refractivity contribution in [2.75, 3.05) is 0 Å². The van der Waals surface area contributed by atoms with Gasteiger partial charge in [-0.15, -0.1) is 10.2 Å². The minimum atomic E-state index is -1.07. The van der Waals surface area contributed by atoms with Gasteiger partial charge >= 0.3 is 5.97 Å². The van der Waals surface area contributed by atoms with E-state index in [1.807, 2.05) is 6.92 Å². The Balaban J connectivity index is 1.83. The zero-order valence-corrected chi connectivity index (χ0v) is 15.1. The van der Waals surface area contributed by atoms with Crippen LogP contribution >= 0.6 is 11.8 Å². The molecule has 1 aliphatic carbocycles. The van der Waals surface area contributed by atoms with Crippen LogP contribution in [0.4, 0.5) is 0 Å². The summed E-state index contributed by atoms with van der Waals surface area (Å²) in [6.07, 6.45) is 4.38. The zero-order valence-electron chi connectivity index (χ0n) is 14.3. The second-order valence-corrected chi connectivity index (χ2v) is 7.72. The molecular weight excluding hydrogens is 360 g/mol. The second-order valence-electron chi connectivity index (χ2n) is 6.53. The first kappa shape index (κ1) is 18.4. The number of carboxylic acids is 1. The fourth-order valence-corrected chi connectivity index (χ4v) is 4.41. The summed E-state index contributed by atoms with van der Waals surface area (Å²) in [6.45, 7) is 1.83. The van der Waals surface area contributed by atoms with Crippen LogP contribution in [0.25, 0.3) is 0 Å². The molecule has 2 fully saturated rings. The highest BCUT2D eigenvalue weighted by Gasteiger charge is 2.46. The zero-order chi connectivity index (χ0) is 18.9. The summed E-state index contributed by atoms with van der Waals surface area (Å²) in [5.41, 5.74) is 5.95. The van der Waals surface area contributed by atoms with E-state index < -0.39 is 28.6 Å². The third-order valence-electron chi connectivity index (χ3n) is 4.84. The fraction of sp³-hybridized carbons (Fsp3) is 0.562. The van der Waals surface area contributed by atoms with Gasteiger partial charge in [-0.25, -0.2) is 0 Å². The molecule has 140 valence electrons. The van der Waals surface area contributed by atoms with Gasteiger partial charge in [-0.2, -0.15) is 0 Å². The highest BCUT2D eigenvalue weighted by atomic mass is 32.2. The lowest BCUT2D eigenvalue weighted by Gasteiger charge is -2.33. The smallest absolute Gasteiger partial charge is 0.305 e. The van der Waals surface area contributed by atoms with Crippen LogP contribution in [-0.2, 0) is 19.1 Å². The third-order valence-corrected chi connectivity index (χ3v) is 5.91. The maximum atomic E-state index is 11.9. The average molecular weight is 380 g/mol. The normalized spacial score (nSPS) is 27.9. The van der Waals surface area contributed by atoms with Gasteiger partial charge in [0.2, 0.25) is 11.8 Å². The Morgan fingerprint density at radius 1 is 1.35 bits per heavy atom. The number of amidine groups is 1. The van der Waals surface area contributed by atoms with E-state index in [4.69, 9.17) is 15.6 Å². The van der Waals surface area contributed by atoms with Crippen LogP contribution in [0, 0.1) is 0 Å². The predicted molar refractivity (Wildman–Crippen MR) is 95.4 cm³/mol. The molecule has 10 heteroatoms. The average Bonchev–Trinajstić information content (AvgIpc) is 3.04. The summed E-state index contributed by atoms with van der Waals surface area (Å²) in [7, 11) is 0. The number of carbonyl (C=O) groups excluding carboxylic acids is 2. The maximum absolute atomic E-state index is 11.9. The van der Waals surface area contributed by atoms with E-state index >= 15 is 0 Å². The van der Waals surface area contributed by atoms with Crippen molar-refractivity contribution in [2.45, 2.75) is 56.3 Å². The number of nitrogens with two attached hydrogens (primary N) is 1. The summed E-state index contributed by atoms with van der Waals surface area (Å²) in [5.74, 6) is -2.08. The van der Waals surface area contributed by atoms with Crippen molar-refractivity contribution in [1.29, 1.82) is 0 Å². The van der Waals surface area contributed by atoms with Gasteiger partial charge < -0.3 is 20.9 Å². The van der Waals surface area contributed by atoms with E-state index in [0.717, 1.165) is 49.4 Å². The number of hydrogen-bond acceptors (Lipinski definition) is 7. The molecule has 1 spiro atoms. The van der Waals surface area contributed by atoms with Crippen LogP contribution in [0.3, 0.4) is 0 Å². The number of hydrogen-bond donors (Lipinski definition) is 3. The molecule has 0 radical (unpaired) electrons. The predicted octanol–water partition coefficient (Wildman–Crippen LogP) is 0.897. The standard InChI is InChI=1S/C16H20N4O5S/c1-8-11(12(17)23)14(25-16(8)5-3-2-4-6-16)19-20-15-18-13(24)9(26-15)7-10(21)22/h9H,2-7H2,1H3,(H2,17,23)(H,21,22)(H,18,20,24). The molecule has 1 saturated carbocycles. The van der Waals surface area contributed by atoms with Crippen LogP contribution in [-0.4, -0.2) is 44.8 Å². The first-order chi connectivity index (χ1) is 12.3. The number of ether oxygens (including phenoxy) is 1. The van der Waals surface area contributed by atoms with Crippen molar-refractivity contribution in [3.8, 4) is 0 Å². The number of amides is 2. The van der Waals surface area contributed by atoms with Gasteiger partial charge in [0.25, 0.3) is 5.91 Å². The van der Waals surface area contributed by atoms with Gasteiger partial charge in [0.1, 0.15) is 16.4 Å². The van der Waals surface area contributed by atoms with E-state index in [-0.39, 0.29) is 23.1 Å². The molecule has 26 heavy (non-hydrogen) atoms. The number of carboxylic acid groups (broad SMARTS) is 1. The Bertz CT molecular complexity index is 752. The molecule has 0 bridgehead atoms. The summed E-state index contributed by atoms with van der Waals surface area (Å²) >= 11 is 0.982. The molecular formula is C16H20N4O5S. The van der Waals surface area contributed by atoms with E-state index in [1.54, 1.807) is 0 Å².